The van der Waals surface area contributed by atoms with Gasteiger partial charge in [-0.15, -0.1) is 0 Å². The van der Waals surface area contributed by atoms with Gasteiger partial charge in [-0.25, -0.2) is 0 Å². The molecule has 0 unspecified atom stereocenters. The van der Waals surface area contributed by atoms with Crippen LogP contribution in [0.3, 0.4) is 0 Å². The second-order valence-corrected chi connectivity index (χ2v) is 3.21. The van der Waals surface area contributed by atoms with E-state index >= 15 is 0 Å². The van der Waals surface area contributed by atoms with Gasteiger partial charge in [-0.2, -0.15) is 0 Å². The van der Waals surface area contributed by atoms with Gasteiger partial charge in [0.2, 0.25) is 0 Å². The van der Waals surface area contributed by atoms with Crippen molar-refractivity contribution in [1.82, 2.24) is 4.90 Å². The standard InChI is InChI=1S/C10H13N/c1-8-5-7-11-6-3-4-10(11)9(8)2/h5,7H,1,3-4,6H2,2H3. The lowest BCUT2D eigenvalue weighted by Crippen LogP contribution is -2.14. The van der Waals surface area contributed by atoms with Crippen LogP contribution in [0.15, 0.2) is 35.7 Å². The van der Waals surface area contributed by atoms with Crippen LogP contribution in [0, 0.1) is 0 Å². The molecule has 0 atom stereocenters. The van der Waals surface area contributed by atoms with Gasteiger partial charge in [0.1, 0.15) is 0 Å². The summed E-state index contributed by atoms with van der Waals surface area (Å²) in [5.41, 5.74) is 4.04. The lowest BCUT2D eigenvalue weighted by Gasteiger charge is -2.22. The van der Waals surface area contributed by atoms with E-state index in [1.165, 1.54) is 36.2 Å². The highest BCUT2D eigenvalue weighted by Gasteiger charge is 2.20. The number of hydrogen-bond donors (Lipinski definition) is 0. The van der Waals surface area contributed by atoms with Gasteiger partial charge in [0.05, 0.1) is 0 Å². The average Bonchev–Trinajstić information content (AvgIpc) is 2.45. The van der Waals surface area contributed by atoms with Crippen molar-refractivity contribution in [2.24, 2.45) is 0 Å². The normalized spacial score (nSPS) is 23.0. The lowest BCUT2D eigenvalue weighted by molar-refractivity contribution is 0.524. The number of hydrogen-bond acceptors (Lipinski definition) is 1. The first-order chi connectivity index (χ1) is 5.29. The van der Waals surface area contributed by atoms with Crippen LogP contribution in [0.1, 0.15) is 19.8 Å². The first-order valence-electron chi connectivity index (χ1n) is 4.13. The highest BCUT2D eigenvalue weighted by molar-refractivity contribution is 5.43. The van der Waals surface area contributed by atoms with Gasteiger partial charge in [0, 0.05) is 18.4 Å². The molecule has 0 bridgehead atoms. The lowest BCUT2D eigenvalue weighted by atomic mass is 10.0. The largest absolute Gasteiger partial charge is 0.351 e. The molecule has 0 spiro atoms. The van der Waals surface area contributed by atoms with E-state index in [-0.39, 0.29) is 0 Å². The van der Waals surface area contributed by atoms with E-state index in [4.69, 9.17) is 0 Å². The van der Waals surface area contributed by atoms with Gasteiger partial charge in [-0.3, -0.25) is 0 Å². The Bertz CT molecular complexity index is 258. The summed E-state index contributed by atoms with van der Waals surface area (Å²) in [5, 5.41) is 0. The molecule has 58 valence electrons. The van der Waals surface area contributed by atoms with E-state index in [9.17, 15) is 0 Å². The molecule has 2 aliphatic heterocycles. The summed E-state index contributed by atoms with van der Waals surface area (Å²) in [6.45, 7) is 7.34. The summed E-state index contributed by atoms with van der Waals surface area (Å²) in [5.74, 6) is 0. The Balaban J connectivity index is 2.41. The van der Waals surface area contributed by atoms with Crippen molar-refractivity contribution < 1.29 is 0 Å². The fourth-order valence-corrected chi connectivity index (χ4v) is 1.75. The SMILES string of the molecule is C=C1C=CN2CCCC2=C1C. The number of rotatable bonds is 0. The van der Waals surface area contributed by atoms with Crippen molar-refractivity contribution in [3.63, 3.8) is 0 Å². The summed E-state index contributed by atoms with van der Waals surface area (Å²) >= 11 is 0. The molecule has 0 amide bonds. The minimum absolute atomic E-state index is 1.18. The van der Waals surface area contributed by atoms with Crippen molar-refractivity contribution in [1.29, 1.82) is 0 Å². The molecule has 1 heteroatoms. The second kappa shape index (κ2) is 2.26. The zero-order valence-corrected chi connectivity index (χ0v) is 6.93. The molecule has 0 N–H and O–H groups in total. The molecule has 1 nitrogen and oxygen atoms in total. The minimum Gasteiger partial charge on any atom is -0.351 e. The number of nitrogens with zero attached hydrogens (tertiary/aromatic N) is 1. The van der Waals surface area contributed by atoms with Crippen molar-refractivity contribution in [2.45, 2.75) is 19.8 Å². The molecule has 1 saturated heterocycles. The van der Waals surface area contributed by atoms with E-state index in [2.05, 4.69) is 30.7 Å². The molecule has 2 rings (SSSR count). The molecule has 0 radical (unpaired) electrons. The van der Waals surface area contributed by atoms with Crippen molar-refractivity contribution in [2.75, 3.05) is 6.54 Å². The topological polar surface area (TPSA) is 3.24 Å². The molecular formula is C10H13N. The summed E-state index contributed by atoms with van der Waals surface area (Å²) in [4.78, 5) is 2.34. The van der Waals surface area contributed by atoms with Gasteiger partial charge >= 0.3 is 0 Å². The first-order valence-corrected chi connectivity index (χ1v) is 4.13. The third-order valence-electron chi connectivity index (χ3n) is 2.53. The fourth-order valence-electron chi connectivity index (χ4n) is 1.75. The Hall–Kier alpha value is -0.980. The van der Waals surface area contributed by atoms with Crippen LogP contribution < -0.4 is 0 Å². The van der Waals surface area contributed by atoms with Crippen LogP contribution in [-0.2, 0) is 0 Å². The smallest absolute Gasteiger partial charge is 0.0226 e. The maximum Gasteiger partial charge on any atom is 0.0226 e. The number of allylic oxidation sites excluding steroid dienone is 4. The average molecular weight is 147 g/mol. The summed E-state index contributed by atoms with van der Waals surface area (Å²) < 4.78 is 0. The van der Waals surface area contributed by atoms with E-state index in [0.29, 0.717) is 0 Å². The van der Waals surface area contributed by atoms with Crippen LogP contribution in [0.2, 0.25) is 0 Å². The quantitative estimate of drug-likeness (QED) is 0.508. The molecular weight excluding hydrogens is 134 g/mol. The van der Waals surface area contributed by atoms with Crippen molar-refractivity contribution >= 4 is 0 Å². The van der Waals surface area contributed by atoms with Crippen LogP contribution >= 0.6 is 0 Å². The molecule has 0 aromatic carbocycles. The monoisotopic (exact) mass is 147 g/mol. The highest BCUT2D eigenvalue weighted by Crippen LogP contribution is 2.31. The zero-order chi connectivity index (χ0) is 7.84. The second-order valence-electron chi connectivity index (χ2n) is 3.21. The third kappa shape index (κ3) is 0.917. The fraction of sp³-hybridized carbons (Fsp3) is 0.400. The highest BCUT2D eigenvalue weighted by atomic mass is 15.1. The van der Waals surface area contributed by atoms with Gasteiger partial charge in [-0.05, 0) is 37.0 Å². The molecule has 1 fully saturated rings. The predicted octanol–water partition coefficient (Wildman–Crippen LogP) is 2.44. The Morgan fingerprint density at radius 3 is 3.18 bits per heavy atom. The minimum atomic E-state index is 1.18. The van der Waals surface area contributed by atoms with Gasteiger partial charge in [0.25, 0.3) is 0 Å². The molecule has 0 aromatic heterocycles. The Kier molecular flexibility index (Phi) is 1.38. The third-order valence-corrected chi connectivity index (χ3v) is 2.53. The predicted molar refractivity (Wildman–Crippen MR) is 46.9 cm³/mol. The molecule has 0 aromatic rings. The Morgan fingerprint density at radius 2 is 2.36 bits per heavy atom. The van der Waals surface area contributed by atoms with E-state index in [0.717, 1.165) is 0 Å². The van der Waals surface area contributed by atoms with E-state index in [1.807, 2.05) is 0 Å². The van der Waals surface area contributed by atoms with E-state index < -0.39 is 0 Å². The van der Waals surface area contributed by atoms with Gasteiger partial charge < -0.3 is 4.90 Å². The molecule has 0 aliphatic carbocycles. The van der Waals surface area contributed by atoms with Crippen LogP contribution in [-0.4, -0.2) is 11.4 Å². The first kappa shape index (κ1) is 6.71. The van der Waals surface area contributed by atoms with Crippen molar-refractivity contribution in [3.05, 3.63) is 35.7 Å². The summed E-state index contributed by atoms with van der Waals surface area (Å²) in [6, 6.07) is 0. The van der Waals surface area contributed by atoms with E-state index in [1.54, 1.807) is 0 Å². The summed E-state index contributed by atoms with van der Waals surface area (Å²) in [7, 11) is 0. The Morgan fingerprint density at radius 1 is 1.55 bits per heavy atom. The Labute approximate surface area is 67.7 Å². The van der Waals surface area contributed by atoms with Gasteiger partial charge in [0.15, 0.2) is 0 Å². The van der Waals surface area contributed by atoms with Crippen LogP contribution in [0.5, 0.6) is 0 Å². The maximum absolute atomic E-state index is 3.98. The van der Waals surface area contributed by atoms with Crippen LogP contribution in [0.25, 0.3) is 0 Å². The maximum atomic E-state index is 3.98. The molecule has 2 aliphatic rings. The summed E-state index contributed by atoms with van der Waals surface area (Å²) in [6.07, 6.45) is 6.78. The number of fused-ring (bicyclic) bond motifs is 1. The van der Waals surface area contributed by atoms with Crippen LogP contribution in [0.4, 0.5) is 0 Å². The molecule has 0 saturated carbocycles. The van der Waals surface area contributed by atoms with Crippen molar-refractivity contribution in [3.8, 4) is 0 Å². The molecule has 11 heavy (non-hydrogen) atoms. The molecule has 2 heterocycles. The zero-order valence-electron chi connectivity index (χ0n) is 6.93. The van der Waals surface area contributed by atoms with Gasteiger partial charge in [-0.1, -0.05) is 6.58 Å².